The van der Waals surface area contributed by atoms with Crippen molar-refractivity contribution in [2.75, 3.05) is 7.05 Å². The monoisotopic (exact) mass is 265 g/mol. The topological polar surface area (TPSA) is 137 Å². The first-order valence-electron chi connectivity index (χ1n) is 4.96. The molecule has 2 N–H and O–H groups in total. The molecule has 1 rings (SSSR count). The highest BCUT2D eigenvalue weighted by atomic mass is 16.6. The quantitative estimate of drug-likeness (QED) is 0.308. The summed E-state index contributed by atoms with van der Waals surface area (Å²) < 4.78 is 0. The number of hydrogen-bond acceptors (Lipinski definition) is 6. The van der Waals surface area contributed by atoms with Crippen LogP contribution in [-0.2, 0) is 9.59 Å². The van der Waals surface area contributed by atoms with Gasteiger partial charge in [0.15, 0.2) is 0 Å². The Morgan fingerprint density at radius 2 is 2.05 bits per heavy atom. The van der Waals surface area contributed by atoms with Crippen molar-refractivity contribution in [3.8, 4) is 5.75 Å². The first kappa shape index (κ1) is 14.1. The van der Waals surface area contributed by atoms with E-state index in [1.807, 2.05) is 5.43 Å². The summed E-state index contributed by atoms with van der Waals surface area (Å²) in [4.78, 5) is 31.5. The number of nitro benzene ring substituents is 1. The maximum Gasteiger partial charge on any atom is 0.329 e. The average Bonchev–Trinajstić information content (AvgIpc) is 2.39. The Morgan fingerprint density at radius 1 is 1.37 bits per heavy atom. The van der Waals surface area contributed by atoms with Gasteiger partial charge >= 0.3 is 11.8 Å². The van der Waals surface area contributed by atoms with Crippen LogP contribution in [0.15, 0.2) is 23.3 Å². The van der Waals surface area contributed by atoms with E-state index >= 15 is 0 Å². The minimum absolute atomic E-state index is 0.239. The third kappa shape index (κ3) is 3.77. The van der Waals surface area contributed by atoms with Crippen molar-refractivity contribution >= 4 is 23.7 Å². The van der Waals surface area contributed by atoms with E-state index in [4.69, 9.17) is 0 Å². The van der Waals surface area contributed by atoms with Crippen LogP contribution in [-0.4, -0.2) is 30.0 Å². The molecule has 0 aliphatic rings. The van der Waals surface area contributed by atoms with Crippen molar-refractivity contribution < 1.29 is 19.6 Å². The van der Waals surface area contributed by atoms with Crippen LogP contribution in [0.25, 0.3) is 0 Å². The lowest BCUT2D eigenvalue weighted by Gasteiger charge is -2.05. The Labute approximate surface area is 107 Å². The van der Waals surface area contributed by atoms with Crippen LogP contribution in [0.2, 0.25) is 0 Å². The molecule has 0 fully saturated rings. The van der Waals surface area contributed by atoms with E-state index in [1.54, 1.807) is 0 Å². The summed E-state index contributed by atoms with van der Waals surface area (Å²) in [6, 6.07) is 3.32. The molecule has 2 amide bonds. The van der Waals surface area contributed by atoms with Crippen LogP contribution in [0.4, 0.5) is 5.69 Å². The van der Waals surface area contributed by atoms with Crippen LogP contribution in [0.5, 0.6) is 5.75 Å². The third-order valence-electron chi connectivity index (χ3n) is 1.99. The van der Waals surface area contributed by atoms with Gasteiger partial charge in [-0.15, -0.1) is 0 Å². The molecule has 9 heteroatoms. The second-order valence-electron chi connectivity index (χ2n) is 3.26. The van der Waals surface area contributed by atoms with Crippen LogP contribution in [0, 0.1) is 10.1 Å². The number of hydrazone groups is 1. The van der Waals surface area contributed by atoms with E-state index in [2.05, 4.69) is 10.4 Å². The summed E-state index contributed by atoms with van der Waals surface area (Å²) in [7, 11) is 1.28. The molecule has 0 radical (unpaired) electrons. The highest BCUT2D eigenvalue weighted by molar-refractivity contribution is 6.34. The van der Waals surface area contributed by atoms with E-state index in [0.717, 1.165) is 18.3 Å². The Bertz CT molecular complexity index is 555. The molecule has 0 aliphatic heterocycles. The number of nitrogens with one attached hydrogen (secondary N) is 2. The van der Waals surface area contributed by atoms with Crippen molar-refractivity contribution in [1.82, 2.24) is 10.7 Å². The number of carbonyl (C=O) groups excluding carboxylic acids is 2. The van der Waals surface area contributed by atoms with Crippen molar-refractivity contribution in [3.63, 3.8) is 0 Å². The second kappa shape index (κ2) is 6.10. The molecule has 0 spiro atoms. The lowest BCUT2D eigenvalue weighted by Crippen LogP contribution is -2.35. The molecule has 0 atom stereocenters. The lowest BCUT2D eigenvalue weighted by molar-refractivity contribution is -0.398. The van der Waals surface area contributed by atoms with Gasteiger partial charge in [0.1, 0.15) is 0 Å². The minimum atomic E-state index is -0.978. The molecule has 0 saturated heterocycles. The largest absolute Gasteiger partial charge is 0.868 e. The van der Waals surface area contributed by atoms with E-state index in [9.17, 15) is 24.8 Å². The zero-order valence-electron chi connectivity index (χ0n) is 9.75. The number of nitrogens with zero attached hydrogens (tertiary/aromatic N) is 2. The highest BCUT2D eigenvalue weighted by Crippen LogP contribution is 2.22. The molecule has 1 aromatic carbocycles. The van der Waals surface area contributed by atoms with Gasteiger partial charge in [-0.05, 0) is 5.75 Å². The van der Waals surface area contributed by atoms with Crippen molar-refractivity contribution in [3.05, 3.63) is 33.9 Å². The number of benzene rings is 1. The highest BCUT2D eigenvalue weighted by Gasteiger charge is 2.09. The molecular weight excluding hydrogens is 256 g/mol. The van der Waals surface area contributed by atoms with E-state index in [0.29, 0.717) is 0 Å². The molecule has 0 saturated carbocycles. The van der Waals surface area contributed by atoms with Gasteiger partial charge in [-0.2, -0.15) is 5.10 Å². The Morgan fingerprint density at radius 3 is 2.63 bits per heavy atom. The van der Waals surface area contributed by atoms with Gasteiger partial charge in [0, 0.05) is 18.7 Å². The van der Waals surface area contributed by atoms with Crippen LogP contribution >= 0.6 is 0 Å². The van der Waals surface area contributed by atoms with E-state index in [1.165, 1.54) is 13.1 Å². The van der Waals surface area contributed by atoms with Crippen LogP contribution in [0.3, 0.4) is 0 Å². The molecule has 0 bridgehead atoms. The van der Waals surface area contributed by atoms with Gasteiger partial charge in [0.25, 0.3) is 5.69 Å². The van der Waals surface area contributed by atoms with Crippen LogP contribution < -0.4 is 15.8 Å². The Balaban J connectivity index is 2.78. The molecule has 0 unspecified atom stereocenters. The summed E-state index contributed by atoms with van der Waals surface area (Å²) in [5.41, 5.74) is 1.56. The second-order valence-corrected chi connectivity index (χ2v) is 3.26. The van der Waals surface area contributed by atoms with Gasteiger partial charge in [-0.1, -0.05) is 12.1 Å². The summed E-state index contributed by atoms with van der Waals surface area (Å²) >= 11 is 0. The fraction of sp³-hybridized carbons (Fsp3) is 0.100. The molecule has 100 valence electrons. The maximum absolute atomic E-state index is 11.1. The first-order valence-corrected chi connectivity index (χ1v) is 4.96. The summed E-state index contributed by atoms with van der Waals surface area (Å²) in [5, 5.41) is 27.2. The SMILES string of the molecule is CNC(=O)C(=O)N/N=C\c1ccc([O-])c([N+](=O)[O-])c1. The summed E-state index contributed by atoms with van der Waals surface area (Å²) in [6.07, 6.45) is 1.08. The molecule has 0 aliphatic carbocycles. The molecule has 0 aromatic heterocycles. The lowest BCUT2D eigenvalue weighted by atomic mass is 10.2. The summed E-state index contributed by atoms with van der Waals surface area (Å²) in [5.74, 6) is -2.58. The average molecular weight is 265 g/mol. The first-order chi connectivity index (χ1) is 8.95. The minimum Gasteiger partial charge on any atom is -0.868 e. The van der Waals surface area contributed by atoms with E-state index in [-0.39, 0.29) is 5.56 Å². The van der Waals surface area contributed by atoms with Crippen molar-refractivity contribution in [1.29, 1.82) is 0 Å². The van der Waals surface area contributed by atoms with Crippen LogP contribution in [0.1, 0.15) is 5.56 Å². The fourth-order valence-corrected chi connectivity index (χ4v) is 1.09. The Hall–Kier alpha value is -2.97. The van der Waals surface area contributed by atoms with Gasteiger partial charge in [0.05, 0.1) is 11.1 Å². The molecule has 1 aromatic rings. The normalized spacial score (nSPS) is 10.2. The number of nitro groups is 1. The zero-order valence-corrected chi connectivity index (χ0v) is 9.75. The standard InChI is InChI=1S/C10H10N4O5/c1-11-9(16)10(17)13-12-5-6-2-3-8(15)7(4-6)14(18)19/h2-5,15H,1H3,(H,11,16)(H,13,17)/p-1/b12-5-. The molecule has 19 heavy (non-hydrogen) atoms. The number of rotatable bonds is 3. The number of likely N-dealkylation sites (N-methyl/N-ethyl adjacent to an activating group) is 1. The van der Waals surface area contributed by atoms with Crippen molar-refractivity contribution in [2.24, 2.45) is 5.10 Å². The van der Waals surface area contributed by atoms with Crippen molar-refractivity contribution in [2.45, 2.75) is 0 Å². The Kier molecular flexibility index (Phi) is 4.52. The number of carbonyl (C=O) groups is 2. The molecule has 0 heterocycles. The predicted molar refractivity (Wildman–Crippen MR) is 62.3 cm³/mol. The smallest absolute Gasteiger partial charge is 0.329 e. The zero-order chi connectivity index (χ0) is 14.4. The molecule has 9 nitrogen and oxygen atoms in total. The van der Waals surface area contributed by atoms with Gasteiger partial charge < -0.3 is 10.4 Å². The molecular formula is C10H9N4O5-. The maximum atomic E-state index is 11.1. The fourth-order valence-electron chi connectivity index (χ4n) is 1.09. The predicted octanol–water partition coefficient (Wildman–Crippen LogP) is -1.14. The third-order valence-corrected chi connectivity index (χ3v) is 1.99. The van der Waals surface area contributed by atoms with Gasteiger partial charge in [-0.3, -0.25) is 19.7 Å². The summed E-state index contributed by atoms with van der Waals surface area (Å²) in [6.45, 7) is 0. The van der Waals surface area contributed by atoms with Gasteiger partial charge in [0.2, 0.25) is 0 Å². The number of amides is 2. The number of hydrogen-bond donors (Lipinski definition) is 2. The van der Waals surface area contributed by atoms with E-state index < -0.39 is 28.2 Å². The van der Waals surface area contributed by atoms with Gasteiger partial charge in [-0.25, -0.2) is 5.43 Å².